The Kier molecular flexibility index (Phi) is 4.54. The molecule has 4 nitrogen and oxygen atoms in total. The molecule has 0 amide bonds. The fraction of sp³-hybridized carbons (Fsp3) is 0.909. The average Bonchev–Trinajstić information content (AvgIpc) is 2.16. The van der Waals surface area contributed by atoms with Crippen molar-refractivity contribution in [3.63, 3.8) is 0 Å². The maximum absolute atomic E-state index is 10.9. The number of piperidine rings is 1. The number of hydrogen-bond acceptors (Lipinski definition) is 3. The number of carboxylic acid groups (broad SMARTS) is 1. The molecule has 0 aromatic rings. The van der Waals surface area contributed by atoms with Gasteiger partial charge in [0, 0.05) is 12.6 Å². The molecule has 0 aromatic carbocycles. The predicted molar refractivity (Wildman–Crippen MR) is 59.9 cm³/mol. The van der Waals surface area contributed by atoms with E-state index in [0.717, 1.165) is 12.5 Å². The molecule has 4 heteroatoms. The standard InChI is InChI=1S/C11H22N2O2/c1-8-4-5-13(9(2)6-8)7-10(12-3)11(14)15/h8-10,12H,4-7H2,1-3H3,(H,14,15). The van der Waals surface area contributed by atoms with Gasteiger partial charge < -0.3 is 10.4 Å². The highest BCUT2D eigenvalue weighted by atomic mass is 16.4. The van der Waals surface area contributed by atoms with Crippen LogP contribution in [0.2, 0.25) is 0 Å². The quantitative estimate of drug-likeness (QED) is 0.726. The Labute approximate surface area is 91.6 Å². The monoisotopic (exact) mass is 214 g/mol. The van der Waals surface area contributed by atoms with E-state index in [1.54, 1.807) is 7.05 Å². The minimum Gasteiger partial charge on any atom is -0.480 e. The predicted octanol–water partition coefficient (Wildman–Crippen LogP) is 0.779. The van der Waals surface area contributed by atoms with Crippen molar-refractivity contribution in [2.24, 2.45) is 5.92 Å². The molecule has 0 saturated carbocycles. The zero-order valence-corrected chi connectivity index (χ0v) is 9.86. The fourth-order valence-corrected chi connectivity index (χ4v) is 2.25. The summed E-state index contributed by atoms with van der Waals surface area (Å²) in [7, 11) is 1.70. The lowest BCUT2D eigenvalue weighted by molar-refractivity contribution is -0.140. The zero-order valence-electron chi connectivity index (χ0n) is 9.86. The molecule has 1 heterocycles. The number of nitrogens with one attached hydrogen (secondary N) is 1. The molecule has 0 radical (unpaired) electrons. The third-order valence-electron chi connectivity index (χ3n) is 3.34. The minimum absolute atomic E-state index is 0.444. The van der Waals surface area contributed by atoms with E-state index in [9.17, 15) is 4.79 Å². The van der Waals surface area contributed by atoms with Gasteiger partial charge in [-0.1, -0.05) is 6.92 Å². The number of hydrogen-bond donors (Lipinski definition) is 2. The van der Waals surface area contributed by atoms with Crippen molar-refractivity contribution in [3.8, 4) is 0 Å². The van der Waals surface area contributed by atoms with E-state index in [2.05, 4.69) is 24.1 Å². The highest BCUT2D eigenvalue weighted by molar-refractivity contribution is 5.73. The van der Waals surface area contributed by atoms with E-state index < -0.39 is 12.0 Å². The molecule has 15 heavy (non-hydrogen) atoms. The Bertz CT molecular complexity index is 221. The molecule has 1 rings (SSSR count). The SMILES string of the molecule is CNC(CN1CCC(C)CC1C)C(=O)O. The molecule has 1 saturated heterocycles. The van der Waals surface area contributed by atoms with Gasteiger partial charge in [0.15, 0.2) is 0 Å². The van der Waals surface area contributed by atoms with Crippen LogP contribution in [-0.4, -0.2) is 48.2 Å². The summed E-state index contributed by atoms with van der Waals surface area (Å²) in [5, 5.41) is 11.8. The van der Waals surface area contributed by atoms with Gasteiger partial charge >= 0.3 is 5.97 Å². The Morgan fingerprint density at radius 1 is 1.60 bits per heavy atom. The van der Waals surface area contributed by atoms with Gasteiger partial charge in [-0.15, -0.1) is 0 Å². The van der Waals surface area contributed by atoms with Crippen LogP contribution in [0.15, 0.2) is 0 Å². The topological polar surface area (TPSA) is 52.6 Å². The average molecular weight is 214 g/mol. The van der Waals surface area contributed by atoms with Crippen LogP contribution in [0.3, 0.4) is 0 Å². The lowest BCUT2D eigenvalue weighted by atomic mass is 9.93. The maximum Gasteiger partial charge on any atom is 0.322 e. The number of nitrogens with zero attached hydrogens (tertiary/aromatic N) is 1. The first-order valence-corrected chi connectivity index (χ1v) is 5.68. The van der Waals surface area contributed by atoms with E-state index in [0.29, 0.717) is 12.6 Å². The summed E-state index contributed by atoms with van der Waals surface area (Å²) in [6.07, 6.45) is 2.36. The Morgan fingerprint density at radius 3 is 2.73 bits per heavy atom. The van der Waals surface area contributed by atoms with Crippen LogP contribution < -0.4 is 5.32 Å². The second-order valence-corrected chi connectivity index (χ2v) is 4.65. The number of carbonyl (C=O) groups is 1. The third-order valence-corrected chi connectivity index (χ3v) is 3.34. The number of carboxylic acids is 1. The van der Waals surface area contributed by atoms with E-state index in [-0.39, 0.29) is 0 Å². The number of likely N-dealkylation sites (N-methyl/N-ethyl adjacent to an activating group) is 1. The molecule has 3 atom stereocenters. The van der Waals surface area contributed by atoms with Gasteiger partial charge in [0.2, 0.25) is 0 Å². The van der Waals surface area contributed by atoms with Gasteiger partial charge in [-0.2, -0.15) is 0 Å². The second-order valence-electron chi connectivity index (χ2n) is 4.65. The molecule has 0 aromatic heterocycles. The van der Waals surface area contributed by atoms with Crippen molar-refractivity contribution in [3.05, 3.63) is 0 Å². The Morgan fingerprint density at radius 2 is 2.27 bits per heavy atom. The molecule has 0 bridgehead atoms. The van der Waals surface area contributed by atoms with Crippen molar-refractivity contribution < 1.29 is 9.90 Å². The normalized spacial score (nSPS) is 30.1. The zero-order chi connectivity index (χ0) is 11.4. The first-order valence-electron chi connectivity index (χ1n) is 5.68. The molecule has 88 valence electrons. The minimum atomic E-state index is -0.761. The van der Waals surface area contributed by atoms with Crippen LogP contribution in [0.4, 0.5) is 0 Å². The third kappa shape index (κ3) is 3.47. The molecule has 1 aliphatic rings. The molecule has 3 unspecified atom stereocenters. The Hall–Kier alpha value is -0.610. The van der Waals surface area contributed by atoms with Gasteiger partial charge in [-0.25, -0.2) is 0 Å². The molecular weight excluding hydrogens is 192 g/mol. The van der Waals surface area contributed by atoms with Crippen molar-refractivity contribution in [1.29, 1.82) is 0 Å². The summed E-state index contributed by atoms with van der Waals surface area (Å²) in [6, 6.07) is 0.0600. The van der Waals surface area contributed by atoms with E-state index in [1.807, 2.05) is 0 Å². The first-order chi connectivity index (χ1) is 7.04. The summed E-state index contributed by atoms with van der Waals surface area (Å²) < 4.78 is 0. The van der Waals surface area contributed by atoms with Gasteiger partial charge in [0.25, 0.3) is 0 Å². The summed E-state index contributed by atoms with van der Waals surface area (Å²) in [5.74, 6) is 0.0115. The van der Waals surface area contributed by atoms with Gasteiger partial charge in [-0.05, 0) is 39.3 Å². The maximum atomic E-state index is 10.9. The van der Waals surface area contributed by atoms with E-state index >= 15 is 0 Å². The first kappa shape index (κ1) is 12.5. The number of likely N-dealkylation sites (tertiary alicyclic amines) is 1. The van der Waals surface area contributed by atoms with Crippen molar-refractivity contribution >= 4 is 5.97 Å². The van der Waals surface area contributed by atoms with Gasteiger partial charge in [0.05, 0.1) is 0 Å². The Balaban J connectivity index is 2.46. The molecule has 2 N–H and O–H groups in total. The van der Waals surface area contributed by atoms with Crippen molar-refractivity contribution in [2.45, 2.75) is 38.8 Å². The van der Waals surface area contributed by atoms with Gasteiger partial charge in [-0.3, -0.25) is 9.69 Å². The lowest BCUT2D eigenvalue weighted by Crippen LogP contribution is -2.50. The number of aliphatic carboxylic acids is 1. The van der Waals surface area contributed by atoms with Crippen molar-refractivity contribution in [1.82, 2.24) is 10.2 Å². The van der Waals surface area contributed by atoms with Crippen LogP contribution in [0.1, 0.15) is 26.7 Å². The van der Waals surface area contributed by atoms with E-state index in [4.69, 9.17) is 5.11 Å². The summed E-state index contributed by atoms with van der Waals surface area (Å²) in [6.45, 7) is 6.08. The smallest absolute Gasteiger partial charge is 0.322 e. The van der Waals surface area contributed by atoms with Crippen LogP contribution in [0, 0.1) is 5.92 Å². The highest BCUT2D eigenvalue weighted by Gasteiger charge is 2.26. The molecule has 1 fully saturated rings. The number of rotatable bonds is 4. The molecule has 0 aliphatic carbocycles. The molecule has 1 aliphatic heterocycles. The molecular formula is C11H22N2O2. The van der Waals surface area contributed by atoms with Crippen LogP contribution in [-0.2, 0) is 4.79 Å². The fourth-order valence-electron chi connectivity index (χ4n) is 2.25. The lowest BCUT2D eigenvalue weighted by Gasteiger charge is -2.37. The van der Waals surface area contributed by atoms with Crippen LogP contribution >= 0.6 is 0 Å². The van der Waals surface area contributed by atoms with Crippen molar-refractivity contribution in [2.75, 3.05) is 20.1 Å². The van der Waals surface area contributed by atoms with E-state index in [1.165, 1.54) is 12.8 Å². The van der Waals surface area contributed by atoms with Gasteiger partial charge in [0.1, 0.15) is 6.04 Å². The molecule has 0 spiro atoms. The van der Waals surface area contributed by atoms with Crippen LogP contribution in [0.5, 0.6) is 0 Å². The summed E-state index contributed by atoms with van der Waals surface area (Å²) >= 11 is 0. The van der Waals surface area contributed by atoms with Crippen LogP contribution in [0.25, 0.3) is 0 Å². The summed E-state index contributed by atoms with van der Waals surface area (Å²) in [4.78, 5) is 13.2. The largest absolute Gasteiger partial charge is 0.480 e. The highest BCUT2D eigenvalue weighted by Crippen LogP contribution is 2.21. The summed E-state index contributed by atoms with van der Waals surface area (Å²) in [5.41, 5.74) is 0. The second kappa shape index (κ2) is 5.47.